The van der Waals surface area contributed by atoms with Gasteiger partial charge in [0.25, 0.3) is 0 Å². The molecule has 0 bridgehead atoms. The quantitative estimate of drug-likeness (QED) is 0.919. The van der Waals surface area contributed by atoms with Crippen LogP contribution in [0.3, 0.4) is 0 Å². The molecule has 0 radical (unpaired) electrons. The third-order valence-electron chi connectivity index (χ3n) is 4.85. The smallest absolute Gasteiger partial charge is 0.148 e. The number of aliphatic hydroxyl groups excluding tert-OH is 1. The van der Waals surface area contributed by atoms with Gasteiger partial charge in [0.1, 0.15) is 5.78 Å². The van der Waals surface area contributed by atoms with Gasteiger partial charge in [0.2, 0.25) is 0 Å². The van der Waals surface area contributed by atoms with E-state index in [9.17, 15) is 9.90 Å². The molecule has 2 fully saturated rings. The standard InChI is InChI=1S/C11H15NO.C11H13NO/c2*13-11-6-7-12(9-11)8-10-4-2-1-3-5-10/h1-5,11,13H,6-9H2;1-5H,6-9H2/t11-;/m0./s1. The molecule has 2 aromatic carbocycles. The molecule has 2 saturated heterocycles. The van der Waals surface area contributed by atoms with E-state index in [4.69, 9.17) is 0 Å². The largest absolute Gasteiger partial charge is 0.392 e. The highest BCUT2D eigenvalue weighted by Gasteiger charge is 2.19. The van der Waals surface area contributed by atoms with Gasteiger partial charge in [-0.1, -0.05) is 60.7 Å². The van der Waals surface area contributed by atoms with Gasteiger partial charge in [0.05, 0.1) is 12.6 Å². The second-order valence-corrected chi connectivity index (χ2v) is 7.15. The Hall–Kier alpha value is -2.01. The maximum atomic E-state index is 11.0. The summed E-state index contributed by atoms with van der Waals surface area (Å²) >= 11 is 0. The highest BCUT2D eigenvalue weighted by atomic mass is 16.3. The van der Waals surface area contributed by atoms with E-state index < -0.39 is 0 Å². The molecule has 0 amide bonds. The molecule has 0 aromatic heterocycles. The summed E-state index contributed by atoms with van der Waals surface area (Å²) in [7, 11) is 0. The Morgan fingerprint density at radius 1 is 0.846 bits per heavy atom. The van der Waals surface area contributed by atoms with Gasteiger partial charge < -0.3 is 5.11 Å². The van der Waals surface area contributed by atoms with Crippen LogP contribution in [0.2, 0.25) is 0 Å². The highest BCUT2D eigenvalue weighted by molar-refractivity contribution is 5.82. The van der Waals surface area contributed by atoms with Crippen molar-refractivity contribution in [1.29, 1.82) is 0 Å². The molecule has 0 aliphatic carbocycles. The normalized spacial score (nSPS) is 20.8. The minimum Gasteiger partial charge on any atom is -0.392 e. The first-order valence-electron chi connectivity index (χ1n) is 9.41. The molecular weight excluding hydrogens is 324 g/mol. The highest BCUT2D eigenvalue weighted by Crippen LogP contribution is 2.12. The summed E-state index contributed by atoms with van der Waals surface area (Å²) in [4.78, 5) is 15.5. The van der Waals surface area contributed by atoms with E-state index in [0.717, 1.165) is 45.6 Å². The van der Waals surface area contributed by atoms with E-state index in [1.807, 2.05) is 24.3 Å². The van der Waals surface area contributed by atoms with Crippen molar-refractivity contribution >= 4 is 5.78 Å². The Balaban J connectivity index is 0.000000151. The van der Waals surface area contributed by atoms with Crippen molar-refractivity contribution in [2.24, 2.45) is 0 Å². The third-order valence-corrected chi connectivity index (χ3v) is 4.85. The number of aliphatic hydroxyl groups is 1. The van der Waals surface area contributed by atoms with E-state index in [1.54, 1.807) is 0 Å². The second kappa shape index (κ2) is 9.62. The Morgan fingerprint density at radius 2 is 1.42 bits per heavy atom. The van der Waals surface area contributed by atoms with E-state index in [0.29, 0.717) is 12.3 Å². The molecule has 26 heavy (non-hydrogen) atoms. The number of nitrogens with zero attached hydrogens (tertiary/aromatic N) is 2. The maximum absolute atomic E-state index is 11.0. The minimum atomic E-state index is -0.108. The maximum Gasteiger partial charge on any atom is 0.148 e. The molecule has 2 aliphatic heterocycles. The second-order valence-electron chi connectivity index (χ2n) is 7.15. The first-order chi connectivity index (χ1) is 12.7. The monoisotopic (exact) mass is 352 g/mol. The average molecular weight is 352 g/mol. The van der Waals surface area contributed by atoms with E-state index in [2.05, 4.69) is 46.2 Å². The molecule has 2 aliphatic rings. The van der Waals surface area contributed by atoms with Gasteiger partial charge in [-0.2, -0.15) is 0 Å². The summed E-state index contributed by atoms with van der Waals surface area (Å²) in [6.07, 6.45) is 1.54. The van der Waals surface area contributed by atoms with Crippen molar-refractivity contribution in [3.05, 3.63) is 71.8 Å². The number of ketones is 1. The Morgan fingerprint density at radius 3 is 1.88 bits per heavy atom. The third kappa shape index (κ3) is 6.06. The number of carbonyl (C=O) groups excluding carboxylic acids is 1. The van der Waals surface area contributed by atoms with Gasteiger partial charge >= 0.3 is 0 Å². The molecule has 1 atom stereocenters. The van der Waals surface area contributed by atoms with Crippen molar-refractivity contribution in [1.82, 2.24) is 9.80 Å². The van der Waals surface area contributed by atoms with E-state index >= 15 is 0 Å². The number of carbonyl (C=O) groups is 1. The topological polar surface area (TPSA) is 43.8 Å². The average Bonchev–Trinajstić information content (AvgIpc) is 3.25. The van der Waals surface area contributed by atoms with Crippen molar-refractivity contribution in [3.8, 4) is 0 Å². The fourth-order valence-corrected chi connectivity index (χ4v) is 3.46. The summed E-state index contributed by atoms with van der Waals surface area (Å²) in [5, 5.41) is 9.34. The van der Waals surface area contributed by atoms with Crippen LogP contribution in [0.15, 0.2) is 60.7 Å². The van der Waals surface area contributed by atoms with Gasteiger partial charge in [-0.25, -0.2) is 0 Å². The fourth-order valence-electron chi connectivity index (χ4n) is 3.46. The molecule has 2 heterocycles. The first-order valence-corrected chi connectivity index (χ1v) is 9.41. The number of rotatable bonds is 4. The van der Waals surface area contributed by atoms with Gasteiger partial charge in [-0.05, 0) is 17.5 Å². The summed E-state index contributed by atoms with van der Waals surface area (Å²) in [6.45, 7) is 5.29. The van der Waals surface area contributed by atoms with Gasteiger partial charge in [0, 0.05) is 39.1 Å². The van der Waals surface area contributed by atoms with Crippen LogP contribution < -0.4 is 0 Å². The van der Waals surface area contributed by atoms with Gasteiger partial charge in [-0.3, -0.25) is 14.6 Å². The number of hydrogen-bond donors (Lipinski definition) is 1. The number of benzene rings is 2. The van der Waals surface area contributed by atoms with Crippen LogP contribution in [0, 0.1) is 0 Å². The number of β-amino-alcohol motifs (C(OH)–C–C–N with tert-alkyl or cyclic N) is 1. The predicted molar refractivity (Wildman–Crippen MR) is 104 cm³/mol. The number of Topliss-reactive ketones (excluding diaryl/α,β-unsaturated/α-hetero) is 1. The molecular formula is C22H28N2O2. The lowest BCUT2D eigenvalue weighted by Crippen LogP contribution is -2.21. The fraction of sp³-hybridized carbons (Fsp3) is 0.409. The van der Waals surface area contributed by atoms with Crippen LogP contribution in [-0.2, 0) is 17.9 Å². The molecule has 2 aromatic rings. The lowest BCUT2D eigenvalue weighted by atomic mass is 10.2. The summed E-state index contributed by atoms with van der Waals surface area (Å²) < 4.78 is 0. The molecule has 0 spiro atoms. The Bertz CT molecular complexity index is 675. The van der Waals surface area contributed by atoms with E-state index in [-0.39, 0.29) is 6.10 Å². The lowest BCUT2D eigenvalue weighted by Gasteiger charge is -2.14. The minimum absolute atomic E-state index is 0.108. The van der Waals surface area contributed by atoms with Crippen molar-refractivity contribution in [3.63, 3.8) is 0 Å². The number of likely N-dealkylation sites (tertiary alicyclic amines) is 2. The summed E-state index contributed by atoms with van der Waals surface area (Å²) in [5.74, 6) is 0.371. The van der Waals surface area contributed by atoms with Crippen LogP contribution in [0.4, 0.5) is 0 Å². The summed E-state index contributed by atoms with van der Waals surface area (Å²) in [6, 6.07) is 20.7. The van der Waals surface area contributed by atoms with Crippen molar-refractivity contribution in [2.45, 2.75) is 32.0 Å². The van der Waals surface area contributed by atoms with Crippen LogP contribution in [0.1, 0.15) is 24.0 Å². The van der Waals surface area contributed by atoms with Crippen LogP contribution >= 0.6 is 0 Å². The van der Waals surface area contributed by atoms with Crippen molar-refractivity contribution < 1.29 is 9.90 Å². The molecule has 138 valence electrons. The van der Waals surface area contributed by atoms with Crippen molar-refractivity contribution in [2.75, 3.05) is 26.2 Å². The SMILES string of the molecule is O=C1CCN(Cc2ccccc2)C1.O[C@H]1CCN(Cc2ccccc2)C1. The van der Waals surface area contributed by atoms with Crippen LogP contribution in [0.5, 0.6) is 0 Å². The van der Waals surface area contributed by atoms with Gasteiger partial charge in [0.15, 0.2) is 0 Å². The molecule has 0 unspecified atom stereocenters. The number of hydrogen-bond acceptors (Lipinski definition) is 4. The molecule has 4 rings (SSSR count). The Kier molecular flexibility index (Phi) is 6.95. The molecule has 4 heteroatoms. The predicted octanol–water partition coefficient (Wildman–Crippen LogP) is 2.71. The lowest BCUT2D eigenvalue weighted by molar-refractivity contribution is -0.116. The summed E-state index contributed by atoms with van der Waals surface area (Å²) in [5.41, 5.74) is 2.62. The zero-order valence-electron chi connectivity index (χ0n) is 15.3. The Labute approximate surface area is 156 Å². The zero-order chi connectivity index (χ0) is 18.2. The van der Waals surface area contributed by atoms with Gasteiger partial charge in [-0.15, -0.1) is 0 Å². The van der Waals surface area contributed by atoms with Crippen LogP contribution in [-0.4, -0.2) is 53.0 Å². The molecule has 4 nitrogen and oxygen atoms in total. The molecule has 0 saturated carbocycles. The van der Waals surface area contributed by atoms with E-state index in [1.165, 1.54) is 11.1 Å². The zero-order valence-corrected chi connectivity index (χ0v) is 15.3. The van der Waals surface area contributed by atoms with Crippen LogP contribution in [0.25, 0.3) is 0 Å². The first kappa shape index (κ1) is 18.8. The molecule has 1 N–H and O–H groups in total.